The number of anilines is 1. The molecular formula is C16H14F3NO4. The van der Waals surface area contributed by atoms with Crippen molar-refractivity contribution in [2.45, 2.75) is 6.36 Å². The van der Waals surface area contributed by atoms with Crippen molar-refractivity contribution in [3.8, 4) is 17.2 Å². The Bertz CT molecular complexity index is 709. The number of hydrogen-bond acceptors (Lipinski definition) is 4. The minimum absolute atomic E-state index is 0.156. The van der Waals surface area contributed by atoms with Gasteiger partial charge in [-0.2, -0.15) is 0 Å². The molecule has 0 atom stereocenters. The first kappa shape index (κ1) is 17.5. The van der Waals surface area contributed by atoms with Gasteiger partial charge in [0.2, 0.25) is 0 Å². The second-order valence-electron chi connectivity index (χ2n) is 4.63. The lowest BCUT2D eigenvalue weighted by Gasteiger charge is -2.11. The van der Waals surface area contributed by atoms with E-state index in [1.807, 2.05) is 0 Å². The summed E-state index contributed by atoms with van der Waals surface area (Å²) >= 11 is 0. The standard InChI is InChI=1S/C16H14F3NO4/c1-22-13-6-10(7-14(9-13)23-2)15(21)20-11-4-3-5-12(8-11)24-16(17,18)19/h3-9H,1-2H3,(H,20,21). The monoisotopic (exact) mass is 341 g/mol. The molecule has 0 bridgehead atoms. The Kier molecular flexibility index (Phi) is 5.18. The summed E-state index contributed by atoms with van der Waals surface area (Å²) in [7, 11) is 2.88. The van der Waals surface area contributed by atoms with Crippen LogP contribution in [0.2, 0.25) is 0 Å². The predicted octanol–water partition coefficient (Wildman–Crippen LogP) is 3.85. The average molecular weight is 341 g/mol. The van der Waals surface area contributed by atoms with Crippen LogP contribution in [-0.4, -0.2) is 26.5 Å². The number of carbonyl (C=O) groups excluding carboxylic acids is 1. The average Bonchev–Trinajstić information content (AvgIpc) is 2.53. The van der Waals surface area contributed by atoms with Crippen molar-refractivity contribution >= 4 is 11.6 Å². The molecule has 0 radical (unpaired) electrons. The van der Waals surface area contributed by atoms with Crippen molar-refractivity contribution in [3.63, 3.8) is 0 Å². The van der Waals surface area contributed by atoms with E-state index in [2.05, 4.69) is 10.1 Å². The summed E-state index contributed by atoms with van der Waals surface area (Å²) in [6.07, 6.45) is -4.80. The highest BCUT2D eigenvalue weighted by atomic mass is 19.4. The Morgan fingerprint density at radius 2 is 1.58 bits per heavy atom. The van der Waals surface area contributed by atoms with Crippen molar-refractivity contribution in [1.82, 2.24) is 0 Å². The third-order valence-electron chi connectivity index (χ3n) is 2.94. The minimum atomic E-state index is -4.80. The van der Waals surface area contributed by atoms with E-state index in [0.717, 1.165) is 12.1 Å². The second-order valence-corrected chi connectivity index (χ2v) is 4.63. The van der Waals surface area contributed by atoms with E-state index in [1.54, 1.807) is 6.07 Å². The lowest BCUT2D eigenvalue weighted by atomic mass is 10.1. The Morgan fingerprint density at radius 3 is 2.12 bits per heavy atom. The van der Waals surface area contributed by atoms with Gasteiger partial charge in [0.15, 0.2) is 0 Å². The Balaban J connectivity index is 2.19. The van der Waals surface area contributed by atoms with E-state index in [9.17, 15) is 18.0 Å². The van der Waals surface area contributed by atoms with Crippen LogP contribution in [0.3, 0.4) is 0 Å². The van der Waals surface area contributed by atoms with Crippen LogP contribution < -0.4 is 19.5 Å². The first-order valence-electron chi connectivity index (χ1n) is 6.71. The third-order valence-corrected chi connectivity index (χ3v) is 2.94. The highest BCUT2D eigenvalue weighted by Crippen LogP contribution is 2.26. The quantitative estimate of drug-likeness (QED) is 0.897. The van der Waals surface area contributed by atoms with Crippen LogP contribution in [0.5, 0.6) is 17.2 Å². The second kappa shape index (κ2) is 7.12. The molecule has 0 heterocycles. The molecule has 2 rings (SSSR count). The Labute approximate surface area is 135 Å². The van der Waals surface area contributed by atoms with Crippen molar-refractivity contribution in [2.24, 2.45) is 0 Å². The van der Waals surface area contributed by atoms with E-state index in [4.69, 9.17) is 9.47 Å². The number of alkyl halides is 3. The number of methoxy groups -OCH3 is 2. The van der Waals surface area contributed by atoms with Crippen LogP contribution in [0.15, 0.2) is 42.5 Å². The molecule has 5 nitrogen and oxygen atoms in total. The Morgan fingerprint density at radius 1 is 0.958 bits per heavy atom. The summed E-state index contributed by atoms with van der Waals surface area (Å²) in [6, 6.07) is 9.54. The number of rotatable bonds is 5. The van der Waals surface area contributed by atoms with E-state index in [1.165, 1.54) is 38.5 Å². The highest BCUT2D eigenvalue weighted by molar-refractivity contribution is 6.04. The third kappa shape index (κ3) is 4.80. The molecule has 0 saturated carbocycles. The molecule has 0 fully saturated rings. The summed E-state index contributed by atoms with van der Waals surface area (Å²) < 4.78 is 50.6. The van der Waals surface area contributed by atoms with Gasteiger partial charge in [-0.3, -0.25) is 4.79 Å². The minimum Gasteiger partial charge on any atom is -0.497 e. The molecule has 0 aliphatic heterocycles. The van der Waals surface area contributed by atoms with Crippen molar-refractivity contribution < 1.29 is 32.2 Å². The molecule has 1 N–H and O–H groups in total. The molecule has 0 spiro atoms. The first-order chi connectivity index (χ1) is 11.3. The van der Waals surface area contributed by atoms with Crippen LogP contribution in [0.25, 0.3) is 0 Å². The fourth-order valence-corrected chi connectivity index (χ4v) is 1.91. The van der Waals surface area contributed by atoms with Crippen LogP contribution in [-0.2, 0) is 0 Å². The molecular weight excluding hydrogens is 327 g/mol. The summed E-state index contributed by atoms with van der Waals surface area (Å²) in [6.45, 7) is 0. The molecule has 0 aromatic heterocycles. The number of nitrogens with one attached hydrogen (secondary N) is 1. The molecule has 1 amide bonds. The van der Waals surface area contributed by atoms with Crippen LogP contribution in [0.1, 0.15) is 10.4 Å². The molecule has 0 saturated heterocycles. The maximum Gasteiger partial charge on any atom is 0.573 e. The summed E-state index contributed by atoms with van der Waals surface area (Å²) in [5.74, 6) is -0.137. The van der Waals surface area contributed by atoms with Gasteiger partial charge in [0, 0.05) is 23.4 Å². The van der Waals surface area contributed by atoms with Crippen LogP contribution in [0.4, 0.5) is 18.9 Å². The van der Waals surface area contributed by atoms with E-state index in [0.29, 0.717) is 11.5 Å². The summed E-state index contributed by atoms with van der Waals surface area (Å²) in [5.41, 5.74) is 0.386. The van der Waals surface area contributed by atoms with Gasteiger partial charge in [-0.25, -0.2) is 0 Å². The molecule has 128 valence electrons. The normalized spacial score (nSPS) is 10.9. The highest BCUT2D eigenvalue weighted by Gasteiger charge is 2.31. The molecule has 0 aliphatic rings. The number of benzene rings is 2. The van der Waals surface area contributed by atoms with Gasteiger partial charge in [-0.1, -0.05) is 6.07 Å². The van der Waals surface area contributed by atoms with Crippen molar-refractivity contribution in [2.75, 3.05) is 19.5 Å². The largest absolute Gasteiger partial charge is 0.573 e. The fraction of sp³-hybridized carbons (Fsp3) is 0.188. The van der Waals surface area contributed by atoms with Gasteiger partial charge in [0.1, 0.15) is 17.2 Å². The van der Waals surface area contributed by atoms with E-state index < -0.39 is 18.0 Å². The molecule has 2 aromatic carbocycles. The zero-order chi connectivity index (χ0) is 17.7. The molecule has 8 heteroatoms. The maximum absolute atomic E-state index is 12.3. The SMILES string of the molecule is COc1cc(OC)cc(C(=O)Nc2cccc(OC(F)(F)F)c2)c1. The summed E-state index contributed by atoms with van der Waals surface area (Å²) in [5, 5.41) is 2.49. The van der Waals surface area contributed by atoms with Crippen molar-refractivity contribution in [3.05, 3.63) is 48.0 Å². The van der Waals surface area contributed by atoms with Gasteiger partial charge in [0.05, 0.1) is 14.2 Å². The fourth-order valence-electron chi connectivity index (χ4n) is 1.91. The molecule has 0 aliphatic carbocycles. The number of carbonyl (C=O) groups is 1. The number of hydrogen-bond donors (Lipinski definition) is 1. The lowest BCUT2D eigenvalue weighted by molar-refractivity contribution is -0.274. The number of halogens is 3. The zero-order valence-electron chi connectivity index (χ0n) is 12.8. The lowest BCUT2D eigenvalue weighted by Crippen LogP contribution is -2.17. The van der Waals surface area contributed by atoms with Crippen molar-refractivity contribution in [1.29, 1.82) is 0 Å². The summed E-state index contributed by atoms with van der Waals surface area (Å²) in [4.78, 5) is 12.3. The smallest absolute Gasteiger partial charge is 0.497 e. The molecule has 0 unspecified atom stereocenters. The van der Waals surface area contributed by atoms with Gasteiger partial charge < -0.3 is 19.5 Å². The first-order valence-corrected chi connectivity index (χ1v) is 6.71. The number of amides is 1. The topological polar surface area (TPSA) is 56.8 Å². The van der Waals surface area contributed by atoms with Gasteiger partial charge in [0.25, 0.3) is 5.91 Å². The van der Waals surface area contributed by atoms with Crippen LogP contribution in [0, 0.1) is 0 Å². The van der Waals surface area contributed by atoms with Crippen LogP contribution >= 0.6 is 0 Å². The Hall–Kier alpha value is -2.90. The van der Waals surface area contributed by atoms with E-state index in [-0.39, 0.29) is 11.3 Å². The maximum atomic E-state index is 12.3. The zero-order valence-corrected chi connectivity index (χ0v) is 12.8. The number of ether oxygens (including phenoxy) is 3. The van der Waals surface area contributed by atoms with E-state index >= 15 is 0 Å². The van der Waals surface area contributed by atoms with Gasteiger partial charge in [-0.15, -0.1) is 13.2 Å². The molecule has 24 heavy (non-hydrogen) atoms. The molecule has 2 aromatic rings. The van der Waals surface area contributed by atoms with Gasteiger partial charge >= 0.3 is 6.36 Å². The van der Waals surface area contributed by atoms with Gasteiger partial charge in [-0.05, 0) is 24.3 Å². The predicted molar refractivity (Wildman–Crippen MR) is 80.6 cm³/mol.